The quantitative estimate of drug-likeness (QED) is 0.584. The van der Waals surface area contributed by atoms with E-state index >= 15 is 0 Å². The Morgan fingerprint density at radius 2 is 1.90 bits per heavy atom. The summed E-state index contributed by atoms with van der Waals surface area (Å²) in [6.07, 6.45) is 1.69. The van der Waals surface area contributed by atoms with E-state index in [9.17, 15) is 4.79 Å². The predicted octanol–water partition coefficient (Wildman–Crippen LogP) is 3.95. The van der Waals surface area contributed by atoms with Crippen molar-refractivity contribution in [2.45, 2.75) is 20.4 Å². The van der Waals surface area contributed by atoms with Gasteiger partial charge in [0.25, 0.3) is 5.91 Å². The van der Waals surface area contributed by atoms with Gasteiger partial charge in [-0.2, -0.15) is 0 Å². The molecule has 142 valence electrons. The zero-order chi connectivity index (χ0) is 20.0. The fourth-order valence-electron chi connectivity index (χ4n) is 3.93. The van der Waals surface area contributed by atoms with Crippen molar-refractivity contribution in [3.63, 3.8) is 0 Å². The second-order valence-corrected chi connectivity index (χ2v) is 7.22. The first-order valence-electron chi connectivity index (χ1n) is 9.47. The number of amides is 1. The second-order valence-electron chi connectivity index (χ2n) is 7.22. The summed E-state index contributed by atoms with van der Waals surface area (Å²) in [5.41, 5.74) is 8.17. The van der Waals surface area contributed by atoms with Crippen molar-refractivity contribution >= 4 is 22.8 Å². The number of rotatable bonds is 3. The first-order chi connectivity index (χ1) is 14.1. The zero-order valence-corrected chi connectivity index (χ0v) is 16.2. The fourth-order valence-corrected chi connectivity index (χ4v) is 3.93. The lowest BCUT2D eigenvalue weighted by Gasteiger charge is -2.13. The molecule has 2 aromatic heterocycles. The van der Waals surface area contributed by atoms with E-state index in [1.165, 1.54) is 5.56 Å². The molecule has 2 aromatic carbocycles. The summed E-state index contributed by atoms with van der Waals surface area (Å²) < 4.78 is 1.69. The molecule has 1 aliphatic heterocycles. The topological polar surface area (TPSA) is 71.7 Å². The summed E-state index contributed by atoms with van der Waals surface area (Å²) in [4.78, 5) is 17.8. The lowest BCUT2D eigenvalue weighted by molar-refractivity contribution is 0.102. The highest BCUT2D eigenvalue weighted by molar-refractivity contribution is 6.16. The van der Waals surface area contributed by atoms with Gasteiger partial charge in [0.15, 0.2) is 0 Å². The van der Waals surface area contributed by atoms with Crippen LogP contribution in [0.5, 0.6) is 0 Å². The molecule has 0 saturated heterocycles. The number of aryl methyl sites for hydroxylation is 2. The van der Waals surface area contributed by atoms with Crippen molar-refractivity contribution in [1.82, 2.24) is 14.8 Å². The Labute approximate surface area is 167 Å². The first-order valence-corrected chi connectivity index (χ1v) is 9.47. The molecule has 0 atom stereocenters. The summed E-state index contributed by atoms with van der Waals surface area (Å²) >= 11 is 0. The minimum atomic E-state index is -0.159. The Balaban J connectivity index is 1.48. The maximum atomic E-state index is 13.1. The molecule has 1 amide bonds. The Morgan fingerprint density at radius 1 is 1.07 bits per heavy atom. The highest BCUT2D eigenvalue weighted by atomic mass is 16.1. The molecule has 0 unspecified atom stereocenters. The van der Waals surface area contributed by atoms with Crippen LogP contribution in [0, 0.1) is 13.8 Å². The third-order valence-corrected chi connectivity index (χ3v) is 5.32. The molecule has 5 rings (SSSR count). The van der Waals surface area contributed by atoms with Crippen LogP contribution in [0.15, 0.2) is 65.8 Å². The number of hydrogen-bond donors (Lipinski definition) is 1. The van der Waals surface area contributed by atoms with Crippen LogP contribution >= 0.6 is 0 Å². The van der Waals surface area contributed by atoms with Crippen molar-refractivity contribution in [3.8, 4) is 0 Å². The summed E-state index contributed by atoms with van der Waals surface area (Å²) in [6.45, 7) is 4.47. The van der Waals surface area contributed by atoms with Crippen LogP contribution < -0.4 is 5.32 Å². The maximum absolute atomic E-state index is 13.1. The number of aliphatic imine (C=N–C) groups is 1. The first kappa shape index (κ1) is 17.3. The molecule has 0 aliphatic carbocycles. The fraction of sp³-hybridized carbons (Fsp3) is 0.130. The summed E-state index contributed by atoms with van der Waals surface area (Å²) in [6, 6.07) is 18.0. The zero-order valence-electron chi connectivity index (χ0n) is 16.2. The minimum absolute atomic E-state index is 0.159. The van der Waals surface area contributed by atoms with Gasteiger partial charge in [-0.1, -0.05) is 41.6 Å². The minimum Gasteiger partial charge on any atom is -0.322 e. The van der Waals surface area contributed by atoms with Gasteiger partial charge < -0.3 is 5.32 Å². The molecule has 1 aliphatic rings. The molecular formula is C23H19N5O. The molecule has 0 spiro atoms. The molecular weight excluding hydrogens is 362 g/mol. The van der Waals surface area contributed by atoms with E-state index in [0.29, 0.717) is 12.1 Å². The molecule has 6 nitrogen and oxygen atoms in total. The average Bonchev–Trinajstić information content (AvgIpc) is 3.35. The number of fused-ring (bicyclic) bond motifs is 2. The number of hydrogen-bond acceptors (Lipinski definition) is 4. The van der Waals surface area contributed by atoms with E-state index in [1.807, 2.05) is 56.3 Å². The maximum Gasteiger partial charge on any atom is 0.257 e. The van der Waals surface area contributed by atoms with E-state index in [2.05, 4.69) is 27.8 Å². The van der Waals surface area contributed by atoms with Crippen molar-refractivity contribution in [2.24, 2.45) is 4.99 Å². The number of anilines is 1. The van der Waals surface area contributed by atoms with Crippen molar-refractivity contribution in [2.75, 3.05) is 5.32 Å². The van der Waals surface area contributed by atoms with E-state index in [-0.39, 0.29) is 5.91 Å². The van der Waals surface area contributed by atoms with Gasteiger partial charge in [0.1, 0.15) is 0 Å². The van der Waals surface area contributed by atoms with Gasteiger partial charge in [-0.3, -0.25) is 9.79 Å². The van der Waals surface area contributed by atoms with Crippen LogP contribution in [0.1, 0.15) is 38.3 Å². The number of nitrogens with zero attached hydrogens (tertiary/aromatic N) is 4. The monoisotopic (exact) mass is 381 g/mol. The lowest BCUT2D eigenvalue weighted by atomic mass is 9.99. The molecule has 0 fully saturated rings. The highest BCUT2D eigenvalue weighted by Crippen LogP contribution is 2.27. The SMILES string of the molecule is Cc1cc2cnnn2c(C)c1C(=O)Nc1ccc2c(c1)C(c1ccccc1)=NC2. The smallest absolute Gasteiger partial charge is 0.257 e. The number of aromatic nitrogens is 3. The normalized spacial score (nSPS) is 12.7. The van der Waals surface area contributed by atoms with Crippen LogP contribution in [-0.2, 0) is 6.54 Å². The Bertz CT molecular complexity index is 1290. The number of nitrogens with one attached hydrogen (secondary N) is 1. The number of carbonyl (C=O) groups is 1. The average molecular weight is 381 g/mol. The van der Waals surface area contributed by atoms with Gasteiger partial charge in [-0.25, -0.2) is 4.52 Å². The summed E-state index contributed by atoms with van der Waals surface area (Å²) in [5.74, 6) is -0.159. The Morgan fingerprint density at radius 3 is 2.72 bits per heavy atom. The number of benzene rings is 2. The molecule has 0 bridgehead atoms. The largest absolute Gasteiger partial charge is 0.322 e. The molecule has 1 N–H and O–H groups in total. The number of carbonyl (C=O) groups excluding carboxylic acids is 1. The van der Waals surface area contributed by atoms with Gasteiger partial charge in [-0.15, -0.1) is 5.10 Å². The highest BCUT2D eigenvalue weighted by Gasteiger charge is 2.20. The third kappa shape index (κ3) is 2.89. The molecule has 3 heterocycles. The van der Waals surface area contributed by atoms with Crippen LogP contribution in [0.4, 0.5) is 5.69 Å². The van der Waals surface area contributed by atoms with Crippen molar-refractivity contribution in [3.05, 3.63) is 94.3 Å². The molecule has 29 heavy (non-hydrogen) atoms. The Hall–Kier alpha value is -3.80. The van der Waals surface area contributed by atoms with Crippen LogP contribution in [0.25, 0.3) is 5.52 Å². The van der Waals surface area contributed by atoms with Gasteiger partial charge >= 0.3 is 0 Å². The summed E-state index contributed by atoms with van der Waals surface area (Å²) in [5, 5.41) is 11.0. The molecule has 6 heteroatoms. The Kier molecular flexibility index (Phi) is 3.98. The third-order valence-electron chi connectivity index (χ3n) is 5.32. The molecule has 0 saturated carbocycles. The van der Waals surface area contributed by atoms with Gasteiger partial charge in [0.05, 0.1) is 35.2 Å². The number of pyridine rings is 1. The van der Waals surface area contributed by atoms with Crippen molar-refractivity contribution in [1.29, 1.82) is 0 Å². The predicted molar refractivity (Wildman–Crippen MR) is 113 cm³/mol. The lowest BCUT2D eigenvalue weighted by Crippen LogP contribution is -2.17. The molecule has 4 aromatic rings. The van der Waals surface area contributed by atoms with Crippen LogP contribution in [0.3, 0.4) is 0 Å². The van der Waals surface area contributed by atoms with Crippen LogP contribution in [0.2, 0.25) is 0 Å². The van der Waals surface area contributed by atoms with E-state index in [0.717, 1.165) is 39.3 Å². The summed E-state index contributed by atoms with van der Waals surface area (Å²) in [7, 11) is 0. The van der Waals surface area contributed by atoms with Gasteiger partial charge in [0, 0.05) is 16.8 Å². The molecule has 0 radical (unpaired) electrons. The standard InChI is InChI=1S/C23H19N5O/c1-14-10-19-13-25-27-28(19)15(2)21(14)23(29)26-18-9-8-17-12-24-22(20(17)11-18)16-6-4-3-5-7-16/h3-11,13H,12H2,1-2H3,(H,26,29). The van der Waals surface area contributed by atoms with Crippen LogP contribution in [-0.4, -0.2) is 26.4 Å². The van der Waals surface area contributed by atoms with Crippen molar-refractivity contribution < 1.29 is 4.79 Å². The second kappa shape index (κ2) is 6.67. The van der Waals surface area contributed by atoms with Gasteiger partial charge in [-0.05, 0) is 43.2 Å². The van der Waals surface area contributed by atoms with Gasteiger partial charge in [0.2, 0.25) is 0 Å². The van der Waals surface area contributed by atoms with E-state index in [4.69, 9.17) is 4.99 Å². The van der Waals surface area contributed by atoms with E-state index < -0.39 is 0 Å². The van der Waals surface area contributed by atoms with E-state index in [1.54, 1.807) is 10.7 Å².